The van der Waals surface area contributed by atoms with Crippen LogP contribution in [0.1, 0.15) is 27.0 Å². The molecule has 0 aromatic heterocycles. The van der Waals surface area contributed by atoms with Gasteiger partial charge in [0.15, 0.2) is 0 Å². The molecule has 0 heterocycles. The van der Waals surface area contributed by atoms with Gasteiger partial charge in [0.2, 0.25) is 0 Å². The Balaban J connectivity index is 3.24. The number of amides is 1. The van der Waals surface area contributed by atoms with Crippen molar-refractivity contribution in [2.45, 2.75) is 20.8 Å². The van der Waals surface area contributed by atoms with Crippen LogP contribution in [-0.4, -0.2) is 18.0 Å². The molecule has 1 rings (SSSR count). The van der Waals surface area contributed by atoms with E-state index in [1.54, 1.807) is 7.05 Å². The fourth-order valence-corrected chi connectivity index (χ4v) is 1.38. The molecule has 0 atom stereocenters. The first-order valence-corrected chi connectivity index (χ1v) is 4.54. The van der Waals surface area contributed by atoms with Crippen molar-refractivity contribution in [3.8, 4) is 0 Å². The Morgan fingerprint density at radius 2 is 1.79 bits per heavy atom. The molecule has 76 valence electrons. The maximum Gasteiger partial charge on any atom is 0.267 e. The molecule has 0 saturated heterocycles. The highest BCUT2D eigenvalue weighted by Crippen LogP contribution is 2.17. The Morgan fingerprint density at radius 3 is 2.29 bits per heavy atom. The van der Waals surface area contributed by atoms with Gasteiger partial charge >= 0.3 is 0 Å². The maximum absolute atomic E-state index is 11.6. The van der Waals surface area contributed by atoms with Gasteiger partial charge in [0.25, 0.3) is 5.91 Å². The van der Waals surface area contributed by atoms with E-state index >= 15 is 0 Å². The zero-order valence-corrected chi connectivity index (χ0v) is 9.09. The summed E-state index contributed by atoms with van der Waals surface area (Å²) in [6.45, 7) is 5.99. The number of carbonyl (C=O) groups is 1. The fraction of sp³-hybridized carbons (Fsp3) is 0.364. The van der Waals surface area contributed by atoms with E-state index in [1.165, 1.54) is 5.56 Å². The predicted octanol–water partition coefficient (Wildman–Crippen LogP) is 1.56. The zero-order valence-electron chi connectivity index (χ0n) is 9.09. The minimum Gasteiger partial charge on any atom is -0.280 e. The van der Waals surface area contributed by atoms with Gasteiger partial charge in [-0.3, -0.25) is 9.80 Å². The highest BCUT2D eigenvalue weighted by atomic mass is 16.2. The smallest absolute Gasteiger partial charge is 0.267 e. The lowest BCUT2D eigenvalue weighted by atomic mass is 9.98. The summed E-state index contributed by atoms with van der Waals surface area (Å²) in [7, 11) is 1.55. The third-order valence-electron chi connectivity index (χ3n) is 2.61. The number of aryl methyl sites for hydroxylation is 1. The molecule has 0 radical (unpaired) electrons. The Hall–Kier alpha value is -1.35. The Labute approximate surface area is 84.5 Å². The predicted molar refractivity (Wildman–Crippen MR) is 56.9 cm³/mol. The largest absolute Gasteiger partial charge is 0.280 e. The molecule has 1 amide bonds. The number of nitrogens with zero attached hydrogens (tertiary/aromatic N) is 1. The van der Waals surface area contributed by atoms with Gasteiger partial charge in [0.05, 0.1) is 0 Å². The van der Waals surface area contributed by atoms with Crippen LogP contribution in [0.2, 0.25) is 0 Å². The molecular weight excluding hydrogens is 176 g/mol. The van der Waals surface area contributed by atoms with Crippen LogP contribution in [-0.2, 0) is 0 Å². The Kier molecular flexibility index (Phi) is 2.91. The van der Waals surface area contributed by atoms with Gasteiger partial charge in [-0.1, -0.05) is 6.07 Å². The van der Waals surface area contributed by atoms with Crippen molar-refractivity contribution in [3.05, 3.63) is 34.4 Å². The number of nitrogens with two attached hydrogens (primary N) is 1. The van der Waals surface area contributed by atoms with E-state index in [-0.39, 0.29) is 5.91 Å². The summed E-state index contributed by atoms with van der Waals surface area (Å²) in [5, 5.41) is 1.11. The number of carbonyl (C=O) groups excluding carboxylic acids is 1. The normalized spacial score (nSPS) is 10.1. The molecule has 0 saturated carbocycles. The first-order chi connectivity index (χ1) is 6.45. The van der Waals surface area contributed by atoms with E-state index in [4.69, 9.17) is 5.84 Å². The Morgan fingerprint density at radius 1 is 1.21 bits per heavy atom. The second-order valence-electron chi connectivity index (χ2n) is 3.60. The summed E-state index contributed by atoms with van der Waals surface area (Å²) in [6, 6.07) is 3.77. The summed E-state index contributed by atoms with van der Waals surface area (Å²) in [5.74, 6) is 5.26. The van der Waals surface area contributed by atoms with Crippen LogP contribution in [0, 0.1) is 20.8 Å². The molecule has 0 fully saturated rings. The maximum atomic E-state index is 11.6. The lowest BCUT2D eigenvalue weighted by molar-refractivity contribution is 0.0794. The minimum absolute atomic E-state index is 0.148. The number of hydrogen-bond acceptors (Lipinski definition) is 2. The van der Waals surface area contributed by atoms with E-state index < -0.39 is 0 Å². The van der Waals surface area contributed by atoms with Crippen LogP contribution >= 0.6 is 0 Å². The van der Waals surface area contributed by atoms with Gasteiger partial charge in [0.1, 0.15) is 0 Å². The van der Waals surface area contributed by atoms with Crippen LogP contribution in [0.3, 0.4) is 0 Å². The van der Waals surface area contributed by atoms with Crippen LogP contribution in [0.4, 0.5) is 0 Å². The molecule has 0 unspecified atom stereocenters. The van der Waals surface area contributed by atoms with Crippen molar-refractivity contribution in [2.75, 3.05) is 7.05 Å². The highest BCUT2D eigenvalue weighted by molar-refractivity contribution is 5.95. The summed E-state index contributed by atoms with van der Waals surface area (Å²) < 4.78 is 0. The molecule has 0 bridgehead atoms. The molecule has 2 N–H and O–H groups in total. The van der Waals surface area contributed by atoms with E-state index in [0.29, 0.717) is 5.56 Å². The molecule has 0 spiro atoms. The summed E-state index contributed by atoms with van der Waals surface area (Å²) in [6.07, 6.45) is 0. The highest BCUT2D eigenvalue weighted by Gasteiger charge is 2.13. The van der Waals surface area contributed by atoms with E-state index in [9.17, 15) is 4.79 Å². The molecule has 1 aromatic carbocycles. The molecule has 0 aliphatic rings. The molecule has 3 heteroatoms. The molecule has 0 aliphatic heterocycles. The molecule has 14 heavy (non-hydrogen) atoms. The first-order valence-electron chi connectivity index (χ1n) is 4.54. The monoisotopic (exact) mass is 192 g/mol. The van der Waals surface area contributed by atoms with E-state index in [2.05, 4.69) is 0 Å². The first kappa shape index (κ1) is 10.7. The van der Waals surface area contributed by atoms with Crippen molar-refractivity contribution < 1.29 is 4.79 Å². The van der Waals surface area contributed by atoms with Crippen molar-refractivity contribution >= 4 is 5.91 Å². The molecule has 0 aliphatic carbocycles. The van der Waals surface area contributed by atoms with Crippen LogP contribution in [0.15, 0.2) is 12.1 Å². The molecule has 3 nitrogen and oxygen atoms in total. The second kappa shape index (κ2) is 3.80. The Bertz CT molecular complexity index is 370. The minimum atomic E-state index is -0.148. The third-order valence-corrected chi connectivity index (χ3v) is 2.61. The van der Waals surface area contributed by atoms with Crippen molar-refractivity contribution in [2.24, 2.45) is 5.84 Å². The van der Waals surface area contributed by atoms with E-state index in [0.717, 1.165) is 16.1 Å². The number of benzene rings is 1. The molecular formula is C11H16N2O. The van der Waals surface area contributed by atoms with Gasteiger partial charge in [-0.05, 0) is 43.5 Å². The van der Waals surface area contributed by atoms with E-state index in [1.807, 2.05) is 32.9 Å². The topological polar surface area (TPSA) is 46.3 Å². The summed E-state index contributed by atoms with van der Waals surface area (Å²) in [4.78, 5) is 11.6. The lowest BCUT2D eigenvalue weighted by Gasteiger charge is -2.14. The van der Waals surface area contributed by atoms with Crippen LogP contribution < -0.4 is 5.84 Å². The van der Waals surface area contributed by atoms with Gasteiger partial charge < -0.3 is 0 Å². The van der Waals surface area contributed by atoms with Crippen molar-refractivity contribution in [1.29, 1.82) is 0 Å². The average molecular weight is 192 g/mol. The third kappa shape index (κ3) is 1.77. The SMILES string of the molecule is Cc1ccc(C(=O)N(C)N)c(C)c1C. The second-order valence-corrected chi connectivity index (χ2v) is 3.60. The van der Waals surface area contributed by atoms with Gasteiger partial charge in [-0.2, -0.15) is 0 Å². The van der Waals surface area contributed by atoms with Gasteiger partial charge in [-0.25, -0.2) is 5.84 Å². The average Bonchev–Trinajstić information content (AvgIpc) is 2.13. The fourth-order valence-electron chi connectivity index (χ4n) is 1.38. The van der Waals surface area contributed by atoms with Crippen molar-refractivity contribution in [3.63, 3.8) is 0 Å². The summed E-state index contributed by atoms with van der Waals surface area (Å²) in [5.41, 5.74) is 4.03. The van der Waals surface area contributed by atoms with Crippen LogP contribution in [0.5, 0.6) is 0 Å². The zero-order chi connectivity index (χ0) is 10.9. The quantitative estimate of drug-likeness (QED) is 0.417. The lowest BCUT2D eigenvalue weighted by Crippen LogP contribution is -2.33. The standard InChI is InChI=1S/C11H16N2O/c1-7-5-6-10(9(3)8(7)2)11(14)13(4)12/h5-6H,12H2,1-4H3. The number of rotatable bonds is 1. The van der Waals surface area contributed by atoms with Gasteiger partial charge in [-0.15, -0.1) is 0 Å². The van der Waals surface area contributed by atoms with Crippen LogP contribution in [0.25, 0.3) is 0 Å². The number of hydrogen-bond donors (Lipinski definition) is 1. The van der Waals surface area contributed by atoms with Crippen molar-refractivity contribution in [1.82, 2.24) is 5.01 Å². The molecule has 1 aromatic rings. The van der Waals surface area contributed by atoms with Gasteiger partial charge in [0, 0.05) is 12.6 Å². The number of hydrazine groups is 1. The summed E-state index contributed by atoms with van der Waals surface area (Å²) >= 11 is 0.